The molecule has 0 fully saturated rings. The SMILES string of the molecule is COC(=O)C1=C(C)N(C)C(C)=C(C(=O)OC)C1c1ccc(OCC(O)CNC(C)C)cc1. The van der Waals surface area contributed by atoms with Crippen LogP contribution in [-0.2, 0) is 19.1 Å². The zero-order valence-corrected chi connectivity index (χ0v) is 19.9. The third kappa shape index (κ3) is 5.69. The number of rotatable bonds is 9. The maximum atomic E-state index is 12.7. The lowest BCUT2D eigenvalue weighted by atomic mass is 9.80. The molecule has 1 aromatic rings. The molecule has 0 saturated heterocycles. The molecule has 1 aliphatic rings. The van der Waals surface area contributed by atoms with Gasteiger partial charge in [0.05, 0.1) is 31.3 Å². The number of ether oxygens (including phenoxy) is 3. The number of esters is 2. The van der Waals surface area contributed by atoms with Gasteiger partial charge in [-0.05, 0) is 31.5 Å². The van der Waals surface area contributed by atoms with Crippen LogP contribution < -0.4 is 10.1 Å². The van der Waals surface area contributed by atoms with E-state index in [0.29, 0.717) is 34.8 Å². The Labute approximate surface area is 189 Å². The van der Waals surface area contributed by atoms with Crippen molar-refractivity contribution >= 4 is 11.9 Å². The Morgan fingerprint density at radius 3 is 1.97 bits per heavy atom. The molecule has 1 aromatic carbocycles. The van der Waals surface area contributed by atoms with Gasteiger partial charge in [0.15, 0.2) is 0 Å². The Hall–Kier alpha value is -2.84. The van der Waals surface area contributed by atoms with E-state index in [-0.39, 0.29) is 12.6 Å². The van der Waals surface area contributed by atoms with Crippen LogP contribution in [0.2, 0.25) is 0 Å². The molecule has 0 aromatic heterocycles. The zero-order chi connectivity index (χ0) is 24.0. The number of nitrogens with zero attached hydrogens (tertiary/aromatic N) is 1. The van der Waals surface area contributed by atoms with Crippen LogP contribution >= 0.6 is 0 Å². The molecular weight excluding hydrogens is 412 g/mol. The molecule has 0 radical (unpaired) electrons. The van der Waals surface area contributed by atoms with Crippen LogP contribution in [0.25, 0.3) is 0 Å². The summed E-state index contributed by atoms with van der Waals surface area (Å²) >= 11 is 0. The molecule has 2 N–H and O–H groups in total. The van der Waals surface area contributed by atoms with Crippen molar-refractivity contribution in [2.24, 2.45) is 0 Å². The average molecular weight is 447 g/mol. The predicted octanol–water partition coefficient (Wildman–Crippen LogP) is 2.35. The first-order valence-electron chi connectivity index (χ1n) is 10.6. The summed E-state index contributed by atoms with van der Waals surface area (Å²) in [6.07, 6.45) is -0.640. The van der Waals surface area contributed by atoms with Gasteiger partial charge in [0.25, 0.3) is 0 Å². The highest BCUT2D eigenvalue weighted by Crippen LogP contribution is 2.42. The number of aliphatic hydroxyl groups is 1. The van der Waals surface area contributed by atoms with Crippen molar-refractivity contribution in [3.63, 3.8) is 0 Å². The van der Waals surface area contributed by atoms with Crippen molar-refractivity contribution in [2.75, 3.05) is 34.4 Å². The summed E-state index contributed by atoms with van der Waals surface area (Å²) in [7, 11) is 4.43. The van der Waals surface area contributed by atoms with Gasteiger partial charge in [0.1, 0.15) is 18.5 Å². The van der Waals surface area contributed by atoms with Crippen molar-refractivity contribution in [3.05, 3.63) is 52.4 Å². The monoisotopic (exact) mass is 446 g/mol. The Balaban J connectivity index is 2.34. The Kier molecular flexibility index (Phi) is 8.86. The standard InChI is InChI=1S/C24H34N2O6/c1-14(2)25-12-18(27)13-32-19-10-8-17(9-11-19)22-20(23(28)30-6)15(3)26(5)16(4)21(22)24(29)31-7/h8-11,14,18,22,25,27H,12-13H2,1-7H3. The second kappa shape index (κ2) is 11.2. The average Bonchev–Trinajstić information content (AvgIpc) is 2.79. The zero-order valence-electron chi connectivity index (χ0n) is 19.9. The minimum absolute atomic E-state index is 0.145. The van der Waals surface area contributed by atoms with Crippen LogP contribution in [0.4, 0.5) is 0 Å². The lowest BCUT2D eigenvalue weighted by molar-refractivity contribution is -0.137. The number of carbonyl (C=O) groups is 2. The summed E-state index contributed by atoms with van der Waals surface area (Å²) in [4.78, 5) is 27.2. The first-order valence-corrected chi connectivity index (χ1v) is 10.6. The van der Waals surface area contributed by atoms with Gasteiger partial charge in [-0.1, -0.05) is 26.0 Å². The number of aliphatic hydroxyl groups excluding tert-OH is 1. The highest BCUT2D eigenvalue weighted by Gasteiger charge is 2.39. The largest absolute Gasteiger partial charge is 0.491 e. The van der Waals surface area contributed by atoms with E-state index in [1.54, 1.807) is 36.2 Å². The molecule has 8 nitrogen and oxygen atoms in total. The van der Waals surface area contributed by atoms with Crippen LogP contribution in [0, 0.1) is 0 Å². The van der Waals surface area contributed by atoms with Crippen LogP contribution in [0.3, 0.4) is 0 Å². The summed E-state index contributed by atoms with van der Waals surface area (Å²) in [6, 6.07) is 7.39. The summed E-state index contributed by atoms with van der Waals surface area (Å²) in [5, 5.41) is 13.2. The number of methoxy groups -OCH3 is 2. The topological polar surface area (TPSA) is 97.3 Å². The highest BCUT2D eigenvalue weighted by atomic mass is 16.5. The van der Waals surface area contributed by atoms with Crippen molar-refractivity contribution in [2.45, 2.75) is 45.8 Å². The third-order valence-electron chi connectivity index (χ3n) is 5.59. The Bertz CT molecular complexity index is 848. The van der Waals surface area contributed by atoms with Gasteiger partial charge in [0.2, 0.25) is 0 Å². The second-order valence-corrected chi connectivity index (χ2v) is 8.07. The Morgan fingerprint density at radius 1 is 1.03 bits per heavy atom. The fourth-order valence-corrected chi connectivity index (χ4v) is 3.64. The van der Waals surface area contributed by atoms with Gasteiger partial charge in [-0.2, -0.15) is 0 Å². The van der Waals surface area contributed by atoms with Crippen molar-refractivity contribution in [1.29, 1.82) is 0 Å². The van der Waals surface area contributed by atoms with Gasteiger partial charge in [-0.3, -0.25) is 0 Å². The smallest absolute Gasteiger partial charge is 0.336 e. The van der Waals surface area contributed by atoms with E-state index < -0.39 is 24.0 Å². The molecule has 1 aliphatic heterocycles. The van der Waals surface area contributed by atoms with Crippen LogP contribution in [0.5, 0.6) is 5.75 Å². The molecule has 0 bridgehead atoms. The predicted molar refractivity (Wildman–Crippen MR) is 121 cm³/mol. The summed E-state index contributed by atoms with van der Waals surface area (Å²) in [5.74, 6) is -1.07. The minimum Gasteiger partial charge on any atom is -0.491 e. The number of benzene rings is 1. The van der Waals surface area contributed by atoms with Crippen molar-refractivity contribution in [3.8, 4) is 5.75 Å². The fraction of sp³-hybridized carbons (Fsp3) is 0.500. The molecule has 176 valence electrons. The van der Waals surface area contributed by atoms with Gasteiger partial charge in [-0.25, -0.2) is 9.59 Å². The molecule has 0 saturated carbocycles. The van der Waals surface area contributed by atoms with E-state index in [2.05, 4.69) is 5.32 Å². The van der Waals surface area contributed by atoms with Crippen LogP contribution in [-0.4, -0.2) is 68.5 Å². The molecule has 8 heteroatoms. The number of hydrogen-bond acceptors (Lipinski definition) is 8. The normalized spacial score (nSPS) is 15.8. The van der Waals surface area contributed by atoms with Gasteiger partial charge in [0, 0.05) is 31.0 Å². The van der Waals surface area contributed by atoms with E-state index in [4.69, 9.17) is 14.2 Å². The maximum Gasteiger partial charge on any atom is 0.336 e. The van der Waals surface area contributed by atoms with E-state index in [1.807, 2.05) is 27.7 Å². The Morgan fingerprint density at radius 2 is 1.53 bits per heavy atom. The van der Waals surface area contributed by atoms with E-state index >= 15 is 0 Å². The number of nitrogens with one attached hydrogen (secondary N) is 1. The minimum atomic E-state index is -0.640. The van der Waals surface area contributed by atoms with Crippen LogP contribution in [0.1, 0.15) is 39.2 Å². The molecule has 1 unspecified atom stereocenters. The number of hydrogen-bond donors (Lipinski definition) is 2. The molecule has 0 amide bonds. The van der Waals surface area contributed by atoms with Crippen molar-refractivity contribution in [1.82, 2.24) is 10.2 Å². The van der Waals surface area contributed by atoms with Crippen LogP contribution in [0.15, 0.2) is 46.8 Å². The number of allylic oxidation sites excluding steroid dienone is 2. The highest BCUT2D eigenvalue weighted by molar-refractivity contribution is 5.99. The van der Waals surface area contributed by atoms with E-state index in [1.165, 1.54) is 14.2 Å². The molecule has 2 rings (SSSR count). The molecule has 0 aliphatic carbocycles. The third-order valence-corrected chi connectivity index (χ3v) is 5.59. The van der Waals surface area contributed by atoms with Gasteiger partial charge >= 0.3 is 11.9 Å². The first-order chi connectivity index (χ1) is 15.1. The maximum absolute atomic E-state index is 12.7. The molecule has 32 heavy (non-hydrogen) atoms. The molecular formula is C24H34N2O6. The molecule has 1 atom stereocenters. The lowest BCUT2D eigenvalue weighted by Crippen LogP contribution is -2.35. The fourth-order valence-electron chi connectivity index (χ4n) is 3.64. The number of carbonyl (C=O) groups excluding carboxylic acids is 2. The summed E-state index contributed by atoms with van der Waals surface area (Å²) < 4.78 is 15.7. The van der Waals surface area contributed by atoms with E-state index in [9.17, 15) is 14.7 Å². The molecule has 0 spiro atoms. The lowest BCUT2D eigenvalue weighted by Gasteiger charge is -2.35. The second-order valence-electron chi connectivity index (χ2n) is 8.07. The van der Waals surface area contributed by atoms with E-state index in [0.717, 1.165) is 5.56 Å². The summed E-state index contributed by atoms with van der Waals surface area (Å²) in [6.45, 7) is 8.23. The van der Waals surface area contributed by atoms with Gasteiger partial charge < -0.3 is 29.5 Å². The summed E-state index contributed by atoms with van der Waals surface area (Å²) in [5.41, 5.74) is 2.89. The van der Waals surface area contributed by atoms with Crippen molar-refractivity contribution < 1.29 is 28.9 Å². The van der Waals surface area contributed by atoms with Gasteiger partial charge in [-0.15, -0.1) is 0 Å². The first kappa shape index (κ1) is 25.4. The quantitative estimate of drug-likeness (QED) is 0.558. The molecule has 1 heterocycles.